The summed E-state index contributed by atoms with van der Waals surface area (Å²) in [6.45, 7) is 5.90. The summed E-state index contributed by atoms with van der Waals surface area (Å²) < 4.78 is 0. The molecule has 2 unspecified atom stereocenters. The zero-order chi connectivity index (χ0) is 18.6. The van der Waals surface area contributed by atoms with Crippen molar-refractivity contribution in [3.05, 3.63) is 54.1 Å². The SMILES string of the molecule is CN1CCN(CCCCCC(=O)N2c3ccccc3C3C=CC=CC32)CC1. The average molecular weight is 366 g/mol. The van der Waals surface area contributed by atoms with Gasteiger partial charge < -0.3 is 14.7 Å². The van der Waals surface area contributed by atoms with Gasteiger partial charge in [0.2, 0.25) is 5.91 Å². The van der Waals surface area contributed by atoms with Gasteiger partial charge in [0.25, 0.3) is 0 Å². The molecule has 0 aromatic heterocycles. The zero-order valence-electron chi connectivity index (χ0n) is 16.4. The number of carbonyl (C=O) groups excluding carboxylic acids is 1. The maximum absolute atomic E-state index is 13.0. The van der Waals surface area contributed by atoms with Crippen molar-refractivity contribution in [3.8, 4) is 0 Å². The summed E-state index contributed by atoms with van der Waals surface area (Å²) >= 11 is 0. The molecule has 0 bridgehead atoms. The number of allylic oxidation sites excluding steroid dienone is 2. The first-order valence-electron chi connectivity index (χ1n) is 10.4. The molecule has 3 aliphatic rings. The van der Waals surface area contributed by atoms with Crippen LogP contribution in [0.15, 0.2) is 48.6 Å². The van der Waals surface area contributed by atoms with Gasteiger partial charge in [0, 0.05) is 44.2 Å². The molecule has 2 heterocycles. The number of amides is 1. The van der Waals surface area contributed by atoms with Crippen molar-refractivity contribution >= 4 is 11.6 Å². The summed E-state index contributed by atoms with van der Waals surface area (Å²) in [7, 11) is 2.20. The van der Waals surface area contributed by atoms with Crippen LogP contribution in [0.2, 0.25) is 0 Å². The molecular formula is C23H31N3O. The molecule has 144 valence electrons. The third-order valence-electron chi connectivity index (χ3n) is 6.19. The van der Waals surface area contributed by atoms with E-state index >= 15 is 0 Å². The second-order valence-corrected chi connectivity index (χ2v) is 8.06. The second-order valence-electron chi connectivity index (χ2n) is 8.06. The van der Waals surface area contributed by atoms with Crippen LogP contribution in [0.3, 0.4) is 0 Å². The van der Waals surface area contributed by atoms with Crippen molar-refractivity contribution in [1.29, 1.82) is 0 Å². The van der Waals surface area contributed by atoms with E-state index in [0.29, 0.717) is 12.3 Å². The number of hydrogen-bond donors (Lipinski definition) is 0. The predicted molar refractivity (Wildman–Crippen MR) is 111 cm³/mol. The van der Waals surface area contributed by atoms with Crippen LogP contribution in [-0.4, -0.2) is 61.5 Å². The molecule has 4 nitrogen and oxygen atoms in total. The van der Waals surface area contributed by atoms with Crippen LogP contribution in [0.25, 0.3) is 0 Å². The number of hydrogen-bond acceptors (Lipinski definition) is 3. The molecule has 1 amide bonds. The van der Waals surface area contributed by atoms with Gasteiger partial charge in [0.15, 0.2) is 0 Å². The molecule has 4 heteroatoms. The Morgan fingerprint density at radius 1 is 1.00 bits per heavy atom. The van der Waals surface area contributed by atoms with E-state index in [1.807, 2.05) is 11.0 Å². The topological polar surface area (TPSA) is 26.8 Å². The Balaban J connectivity index is 1.27. The van der Waals surface area contributed by atoms with Crippen molar-refractivity contribution < 1.29 is 4.79 Å². The molecule has 1 aliphatic carbocycles. The van der Waals surface area contributed by atoms with Crippen LogP contribution < -0.4 is 4.90 Å². The maximum Gasteiger partial charge on any atom is 0.227 e. The molecule has 4 rings (SSSR count). The fraction of sp³-hybridized carbons (Fsp3) is 0.522. The fourth-order valence-corrected chi connectivity index (χ4v) is 4.56. The largest absolute Gasteiger partial charge is 0.304 e. The lowest BCUT2D eigenvalue weighted by molar-refractivity contribution is -0.118. The van der Waals surface area contributed by atoms with Crippen LogP contribution >= 0.6 is 0 Å². The second kappa shape index (κ2) is 8.41. The standard InChI is InChI=1S/C23H31N3O/c1-24-15-17-25(18-16-24)14-8-2-3-13-23(27)26-21-11-6-4-9-19(21)20-10-5-7-12-22(20)26/h4-7,9-12,19,21H,2-3,8,13-18H2,1H3. The minimum absolute atomic E-state index is 0.158. The monoisotopic (exact) mass is 365 g/mol. The number of carbonyl (C=O) groups is 1. The highest BCUT2D eigenvalue weighted by atomic mass is 16.2. The van der Waals surface area contributed by atoms with E-state index < -0.39 is 0 Å². The summed E-state index contributed by atoms with van der Waals surface area (Å²) in [5, 5.41) is 0. The van der Waals surface area contributed by atoms with Crippen LogP contribution in [0.4, 0.5) is 5.69 Å². The summed E-state index contributed by atoms with van der Waals surface area (Å²) in [5.41, 5.74) is 2.39. The van der Waals surface area contributed by atoms with Crippen LogP contribution in [0, 0.1) is 0 Å². The molecule has 0 saturated carbocycles. The summed E-state index contributed by atoms with van der Waals surface area (Å²) in [6, 6.07) is 8.54. The van der Waals surface area contributed by atoms with E-state index in [-0.39, 0.29) is 11.9 Å². The quantitative estimate of drug-likeness (QED) is 0.723. The van der Waals surface area contributed by atoms with E-state index in [2.05, 4.69) is 59.4 Å². The molecule has 0 spiro atoms. The Bertz CT molecular complexity index is 718. The first kappa shape index (κ1) is 18.5. The van der Waals surface area contributed by atoms with Gasteiger partial charge in [0.1, 0.15) is 0 Å². The Hall–Kier alpha value is -1.91. The molecule has 2 aliphatic heterocycles. The number of rotatable bonds is 6. The summed E-state index contributed by atoms with van der Waals surface area (Å²) in [5.74, 6) is 0.585. The molecule has 1 saturated heterocycles. The normalized spacial score (nSPS) is 24.9. The van der Waals surface area contributed by atoms with E-state index in [1.165, 1.54) is 44.7 Å². The highest BCUT2D eigenvalue weighted by molar-refractivity contribution is 5.97. The average Bonchev–Trinajstić information content (AvgIpc) is 3.04. The number of nitrogens with zero attached hydrogens (tertiary/aromatic N) is 3. The Morgan fingerprint density at radius 3 is 2.63 bits per heavy atom. The van der Waals surface area contributed by atoms with E-state index in [4.69, 9.17) is 0 Å². The number of anilines is 1. The van der Waals surface area contributed by atoms with Gasteiger partial charge in [-0.3, -0.25) is 4.79 Å². The summed E-state index contributed by atoms with van der Waals surface area (Å²) in [6.07, 6.45) is 12.6. The van der Waals surface area contributed by atoms with E-state index in [1.54, 1.807) is 0 Å². The molecule has 1 aromatic rings. The van der Waals surface area contributed by atoms with Gasteiger partial charge in [-0.05, 0) is 38.1 Å². The lowest BCUT2D eigenvalue weighted by Crippen LogP contribution is -2.44. The number of piperazine rings is 1. The van der Waals surface area contributed by atoms with E-state index in [0.717, 1.165) is 18.5 Å². The molecule has 2 atom stereocenters. The van der Waals surface area contributed by atoms with Gasteiger partial charge >= 0.3 is 0 Å². The third-order valence-corrected chi connectivity index (χ3v) is 6.19. The molecule has 27 heavy (non-hydrogen) atoms. The smallest absolute Gasteiger partial charge is 0.227 e. The van der Waals surface area contributed by atoms with Gasteiger partial charge in [-0.1, -0.05) is 48.9 Å². The van der Waals surface area contributed by atoms with Crippen molar-refractivity contribution in [2.75, 3.05) is 44.7 Å². The number of fused-ring (bicyclic) bond motifs is 3. The molecule has 1 aromatic carbocycles. The minimum atomic E-state index is 0.158. The minimum Gasteiger partial charge on any atom is -0.304 e. The lowest BCUT2D eigenvalue weighted by atomic mass is 9.91. The van der Waals surface area contributed by atoms with Crippen molar-refractivity contribution in [1.82, 2.24) is 9.80 Å². The maximum atomic E-state index is 13.0. The third kappa shape index (κ3) is 4.02. The predicted octanol–water partition coefficient (Wildman–Crippen LogP) is 3.42. The number of benzene rings is 1. The summed E-state index contributed by atoms with van der Waals surface area (Å²) in [4.78, 5) is 20.0. The molecular weight excluding hydrogens is 334 g/mol. The molecule has 0 radical (unpaired) electrons. The first-order valence-corrected chi connectivity index (χ1v) is 10.4. The van der Waals surface area contributed by atoms with E-state index in [9.17, 15) is 4.79 Å². The fourth-order valence-electron chi connectivity index (χ4n) is 4.56. The lowest BCUT2D eigenvalue weighted by Gasteiger charge is -2.32. The van der Waals surface area contributed by atoms with Gasteiger partial charge in [-0.2, -0.15) is 0 Å². The number of unbranched alkanes of at least 4 members (excludes halogenated alkanes) is 2. The van der Waals surface area contributed by atoms with Gasteiger partial charge in [-0.25, -0.2) is 0 Å². The van der Waals surface area contributed by atoms with Gasteiger partial charge in [0.05, 0.1) is 6.04 Å². The highest BCUT2D eigenvalue weighted by Crippen LogP contribution is 2.43. The van der Waals surface area contributed by atoms with Crippen LogP contribution in [0.1, 0.15) is 37.2 Å². The first-order chi connectivity index (χ1) is 13.2. The Kier molecular flexibility index (Phi) is 5.74. The highest BCUT2D eigenvalue weighted by Gasteiger charge is 2.39. The van der Waals surface area contributed by atoms with Crippen molar-refractivity contribution in [3.63, 3.8) is 0 Å². The van der Waals surface area contributed by atoms with Crippen molar-refractivity contribution in [2.45, 2.75) is 37.6 Å². The molecule has 0 N–H and O–H groups in total. The molecule has 1 fully saturated rings. The van der Waals surface area contributed by atoms with Crippen LogP contribution in [0.5, 0.6) is 0 Å². The Morgan fingerprint density at radius 2 is 1.78 bits per heavy atom. The zero-order valence-corrected chi connectivity index (χ0v) is 16.4. The Labute approximate surface area is 163 Å². The van der Waals surface area contributed by atoms with Gasteiger partial charge in [-0.15, -0.1) is 0 Å². The number of para-hydroxylation sites is 1. The van der Waals surface area contributed by atoms with Crippen molar-refractivity contribution in [2.24, 2.45) is 0 Å². The number of likely N-dealkylation sites (N-methyl/N-ethyl adjacent to an activating group) is 1. The van der Waals surface area contributed by atoms with Crippen LogP contribution in [-0.2, 0) is 4.79 Å².